The number of anilines is 1. The van der Waals surface area contributed by atoms with Crippen molar-refractivity contribution in [1.29, 1.82) is 0 Å². The van der Waals surface area contributed by atoms with Gasteiger partial charge in [-0.15, -0.1) is 0 Å². The first-order chi connectivity index (χ1) is 14.8. The summed E-state index contributed by atoms with van der Waals surface area (Å²) in [5, 5.41) is 4.14. The molecule has 0 saturated carbocycles. The number of ether oxygens (including phenoxy) is 3. The number of rotatable bonds is 9. The van der Waals surface area contributed by atoms with Gasteiger partial charge in [-0.05, 0) is 42.7 Å². The van der Waals surface area contributed by atoms with Crippen molar-refractivity contribution in [2.45, 2.75) is 20.3 Å². The number of esters is 1. The fourth-order valence-electron chi connectivity index (χ4n) is 2.41. The number of carbonyl (C=O) groups is 3. The van der Waals surface area contributed by atoms with Crippen LogP contribution in [0.1, 0.15) is 30.6 Å². The van der Waals surface area contributed by atoms with Gasteiger partial charge in [-0.1, -0.05) is 26.0 Å². The van der Waals surface area contributed by atoms with Crippen LogP contribution in [0, 0.1) is 11.7 Å². The second-order valence-corrected chi connectivity index (χ2v) is 6.95. The van der Waals surface area contributed by atoms with E-state index in [4.69, 9.17) is 14.2 Å². The number of hydrogen-bond donors (Lipinski definition) is 2. The highest BCUT2D eigenvalue weighted by Crippen LogP contribution is 2.28. The lowest BCUT2D eigenvalue weighted by molar-refractivity contribution is -0.123. The topological polar surface area (TPSA) is 103 Å². The van der Waals surface area contributed by atoms with Crippen molar-refractivity contribution >= 4 is 23.6 Å². The zero-order chi connectivity index (χ0) is 22.8. The Balaban J connectivity index is 1.86. The Hall–Kier alpha value is -3.62. The average molecular weight is 432 g/mol. The van der Waals surface area contributed by atoms with Gasteiger partial charge in [-0.25, -0.2) is 14.0 Å². The largest absolute Gasteiger partial charge is 0.493 e. The Morgan fingerprint density at radius 1 is 1.06 bits per heavy atom. The van der Waals surface area contributed by atoms with Gasteiger partial charge in [0.2, 0.25) is 0 Å². The minimum Gasteiger partial charge on any atom is -0.493 e. The van der Waals surface area contributed by atoms with Gasteiger partial charge in [0, 0.05) is 0 Å². The third-order valence-electron chi connectivity index (χ3n) is 4.06. The van der Waals surface area contributed by atoms with Gasteiger partial charge in [0.05, 0.1) is 25.0 Å². The highest BCUT2D eigenvalue weighted by molar-refractivity contribution is 6.02. The summed E-state index contributed by atoms with van der Waals surface area (Å²) in [5.74, 6) is -0.976. The molecule has 9 heteroatoms. The van der Waals surface area contributed by atoms with E-state index in [1.165, 1.54) is 37.4 Å². The fraction of sp³-hybridized carbons (Fsp3) is 0.318. The van der Waals surface area contributed by atoms with E-state index in [1.54, 1.807) is 6.07 Å². The van der Waals surface area contributed by atoms with Crippen LogP contribution in [0.15, 0.2) is 42.5 Å². The first kappa shape index (κ1) is 23.7. The molecule has 2 N–H and O–H groups in total. The molecule has 0 radical (unpaired) electrons. The number of carbonyl (C=O) groups excluding carboxylic acids is 3. The maximum absolute atomic E-state index is 13.5. The fourth-order valence-corrected chi connectivity index (χ4v) is 2.41. The number of benzene rings is 2. The van der Waals surface area contributed by atoms with Crippen molar-refractivity contribution in [3.63, 3.8) is 0 Å². The van der Waals surface area contributed by atoms with Crippen LogP contribution in [0.5, 0.6) is 11.5 Å². The van der Waals surface area contributed by atoms with Crippen LogP contribution in [0.2, 0.25) is 0 Å². The summed E-state index contributed by atoms with van der Waals surface area (Å²) in [4.78, 5) is 35.8. The maximum Gasteiger partial charge on any atom is 0.338 e. The molecule has 0 bridgehead atoms. The summed E-state index contributed by atoms with van der Waals surface area (Å²) in [7, 11) is 1.45. The molecule has 3 amide bonds. The average Bonchev–Trinajstić information content (AvgIpc) is 2.73. The molecular formula is C22H25FN2O6. The third kappa shape index (κ3) is 7.61. The van der Waals surface area contributed by atoms with E-state index < -0.39 is 30.3 Å². The first-order valence-electron chi connectivity index (χ1n) is 9.63. The van der Waals surface area contributed by atoms with Crippen LogP contribution in [0.3, 0.4) is 0 Å². The summed E-state index contributed by atoms with van der Waals surface area (Å²) in [5.41, 5.74) is 0.0595. The quantitative estimate of drug-likeness (QED) is 0.585. The maximum atomic E-state index is 13.5. The highest BCUT2D eigenvalue weighted by Gasteiger charge is 2.16. The molecule has 0 heterocycles. The number of methoxy groups -OCH3 is 1. The van der Waals surface area contributed by atoms with Gasteiger partial charge in [0.15, 0.2) is 18.1 Å². The summed E-state index contributed by atoms with van der Waals surface area (Å²) < 4.78 is 29.3. The molecule has 2 rings (SSSR count). The number of hydrogen-bond acceptors (Lipinski definition) is 6. The Morgan fingerprint density at radius 3 is 2.48 bits per heavy atom. The molecule has 166 valence electrons. The molecule has 8 nitrogen and oxygen atoms in total. The van der Waals surface area contributed by atoms with Gasteiger partial charge in [0.25, 0.3) is 5.91 Å². The van der Waals surface area contributed by atoms with Gasteiger partial charge in [-0.2, -0.15) is 0 Å². The smallest absolute Gasteiger partial charge is 0.338 e. The molecule has 0 spiro atoms. The summed E-state index contributed by atoms with van der Waals surface area (Å²) in [6.07, 6.45) is 0.868. The zero-order valence-electron chi connectivity index (χ0n) is 17.6. The number of urea groups is 1. The van der Waals surface area contributed by atoms with E-state index in [1.807, 2.05) is 5.32 Å². The molecular weight excluding hydrogens is 407 g/mol. The molecule has 0 atom stereocenters. The lowest BCUT2D eigenvalue weighted by atomic mass is 10.1. The van der Waals surface area contributed by atoms with E-state index in [0.717, 1.165) is 12.5 Å². The predicted octanol–water partition coefficient (Wildman–Crippen LogP) is 3.76. The van der Waals surface area contributed by atoms with Crippen molar-refractivity contribution in [3.8, 4) is 11.5 Å². The third-order valence-corrected chi connectivity index (χ3v) is 4.06. The molecule has 0 saturated heterocycles. The van der Waals surface area contributed by atoms with E-state index in [9.17, 15) is 18.8 Å². The standard InChI is InChI=1S/C22H25FN2O6/c1-14(2)10-11-30-18-9-8-15(12-19(18)29-3)21(27)31-13-20(26)25-22(28)24-17-7-5-4-6-16(17)23/h4-9,12,14H,10-11,13H2,1-3H3,(H2,24,25,26,28). The van der Waals surface area contributed by atoms with Crippen LogP contribution in [0.25, 0.3) is 0 Å². The van der Waals surface area contributed by atoms with E-state index >= 15 is 0 Å². The summed E-state index contributed by atoms with van der Waals surface area (Å²) >= 11 is 0. The highest BCUT2D eigenvalue weighted by atomic mass is 19.1. The Kier molecular flexibility index (Phi) is 8.80. The molecule has 0 unspecified atom stereocenters. The SMILES string of the molecule is COc1cc(C(=O)OCC(=O)NC(=O)Nc2ccccc2F)ccc1OCCC(C)C. The number of nitrogens with one attached hydrogen (secondary N) is 2. The molecule has 2 aromatic carbocycles. The van der Waals surface area contributed by atoms with Gasteiger partial charge < -0.3 is 19.5 Å². The van der Waals surface area contributed by atoms with Crippen molar-refractivity contribution < 1.29 is 33.0 Å². The van der Waals surface area contributed by atoms with Gasteiger partial charge >= 0.3 is 12.0 Å². The molecule has 2 aromatic rings. The van der Waals surface area contributed by atoms with Crippen LogP contribution < -0.4 is 20.1 Å². The van der Waals surface area contributed by atoms with Crippen molar-refractivity contribution in [1.82, 2.24) is 5.32 Å². The normalized spacial score (nSPS) is 10.4. The number of amides is 3. The Morgan fingerprint density at radius 2 is 1.81 bits per heavy atom. The number of imide groups is 1. The minimum absolute atomic E-state index is 0.0902. The van der Waals surface area contributed by atoms with Crippen molar-refractivity contribution in [3.05, 3.63) is 53.8 Å². The number of halogens is 1. The number of para-hydroxylation sites is 1. The van der Waals surface area contributed by atoms with E-state index in [2.05, 4.69) is 19.2 Å². The van der Waals surface area contributed by atoms with Crippen LogP contribution in [-0.2, 0) is 9.53 Å². The molecule has 0 aliphatic heterocycles. The van der Waals surface area contributed by atoms with Gasteiger partial charge in [-0.3, -0.25) is 10.1 Å². The second-order valence-electron chi connectivity index (χ2n) is 6.95. The minimum atomic E-state index is -0.948. The van der Waals surface area contributed by atoms with Crippen molar-refractivity contribution in [2.24, 2.45) is 5.92 Å². The Labute approximate surface area is 179 Å². The zero-order valence-corrected chi connectivity index (χ0v) is 17.6. The summed E-state index contributed by atoms with van der Waals surface area (Å²) in [6, 6.07) is 9.04. The monoisotopic (exact) mass is 432 g/mol. The second kappa shape index (κ2) is 11.5. The molecule has 0 aromatic heterocycles. The van der Waals surface area contributed by atoms with E-state index in [-0.39, 0.29) is 11.3 Å². The van der Waals surface area contributed by atoms with Gasteiger partial charge in [0.1, 0.15) is 5.82 Å². The van der Waals surface area contributed by atoms with E-state index in [0.29, 0.717) is 24.0 Å². The summed E-state index contributed by atoms with van der Waals surface area (Å²) in [6.45, 7) is 3.98. The first-order valence-corrected chi connectivity index (χ1v) is 9.63. The van der Waals surface area contributed by atoms with Crippen LogP contribution >= 0.6 is 0 Å². The van der Waals surface area contributed by atoms with Crippen LogP contribution in [-0.4, -0.2) is 38.2 Å². The lowest BCUT2D eigenvalue weighted by Gasteiger charge is -2.13. The molecule has 0 aliphatic rings. The molecule has 0 aliphatic carbocycles. The van der Waals surface area contributed by atoms with Crippen LogP contribution in [0.4, 0.5) is 14.9 Å². The van der Waals surface area contributed by atoms with Crippen molar-refractivity contribution in [2.75, 3.05) is 25.6 Å². The lowest BCUT2D eigenvalue weighted by Crippen LogP contribution is -2.37. The predicted molar refractivity (Wildman–Crippen MR) is 112 cm³/mol. The molecule has 31 heavy (non-hydrogen) atoms. The Bertz CT molecular complexity index is 932. The molecule has 0 fully saturated rings.